The van der Waals surface area contributed by atoms with Crippen LogP contribution in [0.1, 0.15) is 64.2 Å². The zero-order chi connectivity index (χ0) is 16.4. The smallest absolute Gasteiger partial charge is 0.169 e. The van der Waals surface area contributed by atoms with Gasteiger partial charge in [-0.1, -0.05) is 12.8 Å². The van der Waals surface area contributed by atoms with E-state index in [0.717, 1.165) is 51.4 Å². The lowest BCUT2D eigenvalue weighted by molar-refractivity contribution is -0.224. The van der Waals surface area contributed by atoms with Crippen LogP contribution in [0.5, 0.6) is 0 Å². The lowest BCUT2D eigenvalue weighted by Gasteiger charge is -2.38. The lowest BCUT2D eigenvalue weighted by Crippen LogP contribution is -2.61. The molecule has 5 rings (SSSR count). The Morgan fingerprint density at radius 1 is 0.500 bits per heavy atom. The van der Waals surface area contributed by atoms with Gasteiger partial charge in [0.2, 0.25) is 0 Å². The molecule has 5 aliphatic rings. The summed E-state index contributed by atoms with van der Waals surface area (Å²) in [6.45, 7) is 0. The molecule has 2 heterocycles. The van der Waals surface area contributed by atoms with Crippen LogP contribution < -0.4 is 0 Å². The predicted molar refractivity (Wildman–Crippen MR) is 83.1 cm³/mol. The highest BCUT2D eigenvalue weighted by Crippen LogP contribution is 2.51. The van der Waals surface area contributed by atoms with Gasteiger partial charge in [0.25, 0.3) is 0 Å². The molecule has 3 aliphatic carbocycles. The van der Waals surface area contributed by atoms with Crippen molar-refractivity contribution >= 4 is 0 Å². The van der Waals surface area contributed by atoms with Crippen molar-refractivity contribution in [3.63, 3.8) is 0 Å². The topological polar surface area (TPSA) is 77.4 Å². The average molecular weight is 340 g/mol. The molecule has 2 aliphatic heterocycles. The fraction of sp³-hybridized carbons (Fsp3) is 1.00. The number of hydrogen-bond acceptors (Lipinski definition) is 6. The van der Waals surface area contributed by atoms with Crippen LogP contribution in [0.3, 0.4) is 0 Å². The van der Waals surface area contributed by atoms with Crippen LogP contribution in [0, 0.1) is 0 Å². The zero-order valence-electron chi connectivity index (χ0n) is 14.1. The maximum Gasteiger partial charge on any atom is 0.169 e. The van der Waals surface area contributed by atoms with Crippen LogP contribution in [-0.4, -0.2) is 58.4 Å². The van der Waals surface area contributed by atoms with E-state index in [1.807, 2.05) is 0 Å². The van der Waals surface area contributed by atoms with Gasteiger partial charge in [-0.2, -0.15) is 0 Å². The first-order valence-corrected chi connectivity index (χ1v) is 9.69. The summed E-state index contributed by atoms with van der Waals surface area (Å²) < 4.78 is 25.1. The summed E-state index contributed by atoms with van der Waals surface area (Å²) in [6.07, 6.45) is 6.38. The summed E-state index contributed by atoms with van der Waals surface area (Å²) in [7, 11) is 0. The summed E-state index contributed by atoms with van der Waals surface area (Å²) in [5.74, 6) is -1.20. The highest BCUT2D eigenvalue weighted by molar-refractivity contribution is 5.09. The third kappa shape index (κ3) is 2.31. The van der Waals surface area contributed by atoms with Gasteiger partial charge in [0, 0.05) is 25.7 Å². The van der Waals surface area contributed by atoms with Crippen molar-refractivity contribution in [2.24, 2.45) is 0 Å². The Balaban J connectivity index is 1.42. The molecule has 5 fully saturated rings. The van der Waals surface area contributed by atoms with Crippen molar-refractivity contribution in [2.75, 3.05) is 0 Å². The second kappa shape index (κ2) is 5.63. The van der Waals surface area contributed by atoms with Gasteiger partial charge in [0.05, 0.1) is 0 Å². The van der Waals surface area contributed by atoms with Crippen LogP contribution in [0.2, 0.25) is 0 Å². The van der Waals surface area contributed by atoms with Crippen LogP contribution in [0.4, 0.5) is 0 Å². The van der Waals surface area contributed by atoms with E-state index in [2.05, 4.69) is 0 Å². The summed E-state index contributed by atoms with van der Waals surface area (Å²) in [5, 5.41) is 21.2. The summed E-state index contributed by atoms with van der Waals surface area (Å²) in [6, 6.07) is 0. The predicted octanol–water partition coefficient (Wildman–Crippen LogP) is 1.61. The SMILES string of the molecule is O[C@@H]1[C@H](O)[C@@H]2OC3(CCCCC3)O[C@@H]2[C@H]2OC3(CCCCC3)O[C@@H]12. The normalized spacial score (nSPS) is 49.2. The zero-order valence-corrected chi connectivity index (χ0v) is 14.1. The third-order valence-corrected chi connectivity index (χ3v) is 6.63. The highest BCUT2D eigenvalue weighted by atomic mass is 16.8. The molecule has 0 bridgehead atoms. The van der Waals surface area contributed by atoms with Gasteiger partial charge < -0.3 is 29.2 Å². The number of fused-ring (bicyclic) bond motifs is 3. The maximum atomic E-state index is 10.6. The van der Waals surface area contributed by atoms with E-state index in [0.29, 0.717) is 0 Å². The molecule has 0 aromatic heterocycles. The second-order valence-electron chi connectivity index (χ2n) is 8.25. The number of aliphatic hydroxyl groups is 2. The molecule has 2 N–H and O–H groups in total. The summed E-state index contributed by atoms with van der Waals surface area (Å²) in [5.41, 5.74) is 0. The molecule has 0 radical (unpaired) electrons. The van der Waals surface area contributed by atoms with Crippen molar-refractivity contribution in [1.29, 1.82) is 0 Å². The first-order chi connectivity index (χ1) is 11.6. The van der Waals surface area contributed by atoms with E-state index in [9.17, 15) is 10.2 Å². The van der Waals surface area contributed by atoms with Crippen LogP contribution in [0.15, 0.2) is 0 Å². The maximum absolute atomic E-state index is 10.6. The Morgan fingerprint density at radius 2 is 0.833 bits per heavy atom. The fourth-order valence-electron chi connectivity index (χ4n) is 5.39. The van der Waals surface area contributed by atoms with E-state index >= 15 is 0 Å². The molecule has 0 aromatic carbocycles. The van der Waals surface area contributed by atoms with Crippen LogP contribution in [-0.2, 0) is 18.9 Å². The molecule has 2 spiro atoms. The Hall–Kier alpha value is -0.240. The minimum absolute atomic E-state index is 0.354. The molecule has 0 amide bonds. The quantitative estimate of drug-likeness (QED) is 0.698. The van der Waals surface area contributed by atoms with Gasteiger partial charge in [0.1, 0.15) is 36.6 Å². The van der Waals surface area contributed by atoms with Crippen molar-refractivity contribution in [2.45, 2.75) is 112 Å². The van der Waals surface area contributed by atoms with E-state index in [4.69, 9.17) is 18.9 Å². The first kappa shape index (κ1) is 16.0. The van der Waals surface area contributed by atoms with Crippen molar-refractivity contribution < 1.29 is 29.2 Å². The lowest BCUT2D eigenvalue weighted by atomic mass is 9.85. The van der Waals surface area contributed by atoms with E-state index in [-0.39, 0.29) is 12.2 Å². The van der Waals surface area contributed by atoms with Gasteiger partial charge in [0.15, 0.2) is 11.6 Å². The Kier molecular flexibility index (Phi) is 3.75. The van der Waals surface area contributed by atoms with Gasteiger partial charge in [-0.25, -0.2) is 0 Å². The molecular formula is C18H28O6. The number of ether oxygens (including phenoxy) is 4. The number of hydrogen-bond donors (Lipinski definition) is 2. The molecule has 6 nitrogen and oxygen atoms in total. The van der Waals surface area contributed by atoms with Crippen molar-refractivity contribution in [1.82, 2.24) is 0 Å². The molecule has 0 unspecified atom stereocenters. The summed E-state index contributed by atoms with van der Waals surface area (Å²) in [4.78, 5) is 0. The Morgan fingerprint density at radius 3 is 1.21 bits per heavy atom. The first-order valence-electron chi connectivity index (χ1n) is 9.69. The molecule has 2 saturated heterocycles. The minimum atomic E-state index is -0.986. The van der Waals surface area contributed by atoms with Crippen LogP contribution >= 0.6 is 0 Å². The van der Waals surface area contributed by atoms with Crippen molar-refractivity contribution in [3.8, 4) is 0 Å². The molecule has 6 heteroatoms. The largest absolute Gasteiger partial charge is 0.387 e. The average Bonchev–Trinajstić information content (AvgIpc) is 3.14. The van der Waals surface area contributed by atoms with Gasteiger partial charge >= 0.3 is 0 Å². The Bertz CT molecular complexity index is 440. The highest BCUT2D eigenvalue weighted by Gasteiger charge is 2.65. The Labute approximate surface area is 142 Å². The second-order valence-corrected chi connectivity index (χ2v) is 8.25. The van der Waals surface area contributed by atoms with Gasteiger partial charge in [-0.3, -0.25) is 0 Å². The third-order valence-electron chi connectivity index (χ3n) is 6.63. The van der Waals surface area contributed by atoms with E-state index in [1.54, 1.807) is 0 Å². The molecule has 0 aromatic rings. The monoisotopic (exact) mass is 340 g/mol. The van der Waals surface area contributed by atoms with Crippen LogP contribution in [0.25, 0.3) is 0 Å². The van der Waals surface area contributed by atoms with E-state index < -0.39 is 36.0 Å². The molecular weight excluding hydrogens is 312 g/mol. The number of aliphatic hydroxyl groups excluding tert-OH is 2. The van der Waals surface area contributed by atoms with Gasteiger partial charge in [-0.15, -0.1) is 0 Å². The van der Waals surface area contributed by atoms with Crippen molar-refractivity contribution in [3.05, 3.63) is 0 Å². The van der Waals surface area contributed by atoms with Gasteiger partial charge in [-0.05, 0) is 25.7 Å². The standard InChI is InChI=1S/C18H28O6/c19-11-12(20)14-16(24-18(22-14)9-5-2-6-10-18)15-13(11)21-17(23-15)7-3-1-4-8-17/h11-16,19-20H,1-10H2/t11-,12+,13-,14-,15-,16-/m0/s1. The minimum Gasteiger partial charge on any atom is -0.387 e. The fourth-order valence-corrected chi connectivity index (χ4v) is 5.39. The molecule has 24 heavy (non-hydrogen) atoms. The number of rotatable bonds is 0. The molecule has 3 saturated carbocycles. The molecule has 6 atom stereocenters. The van der Waals surface area contributed by atoms with E-state index in [1.165, 1.54) is 12.8 Å². The molecule has 136 valence electrons. The summed E-state index contributed by atoms with van der Waals surface area (Å²) >= 11 is 0.